The van der Waals surface area contributed by atoms with Gasteiger partial charge in [-0.05, 0) is 37.5 Å². The molecule has 0 heterocycles. The molecule has 2 atom stereocenters. The van der Waals surface area contributed by atoms with Gasteiger partial charge in [-0.2, -0.15) is 5.26 Å². The van der Waals surface area contributed by atoms with Crippen molar-refractivity contribution in [3.63, 3.8) is 0 Å². The van der Waals surface area contributed by atoms with E-state index in [4.69, 9.17) is 0 Å². The number of nitriles is 1. The van der Waals surface area contributed by atoms with Crippen molar-refractivity contribution in [3.8, 4) is 6.07 Å². The van der Waals surface area contributed by atoms with Crippen LogP contribution in [0.1, 0.15) is 83.5 Å². The Hall–Kier alpha value is -0.550. The Labute approximate surface area is 123 Å². The molecule has 0 spiro atoms. The minimum Gasteiger partial charge on any atom is -0.388 e. The fraction of sp³-hybridized carbons (Fsp3) is 0.944. The number of nitrogens with zero attached hydrogens (tertiary/aromatic N) is 1. The summed E-state index contributed by atoms with van der Waals surface area (Å²) in [4.78, 5) is 0. The second-order valence-corrected chi connectivity index (χ2v) is 7.58. The van der Waals surface area contributed by atoms with E-state index in [0.717, 1.165) is 44.9 Å². The molecule has 20 heavy (non-hydrogen) atoms. The number of aliphatic hydroxyl groups is 1. The highest BCUT2D eigenvalue weighted by molar-refractivity contribution is 5.17. The zero-order chi connectivity index (χ0) is 14.1. The van der Waals surface area contributed by atoms with Crippen molar-refractivity contribution in [1.29, 1.82) is 5.26 Å². The molecule has 112 valence electrons. The smallest absolute Gasteiger partial charge is 0.0863 e. The standard InChI is InChI=1S/C18H29NO/c19-14-17(11-6-7-12-17)18(20)13-5-4-10-16(18)15-8-2-1-3-9-15/h15-16,20H,1-13H2. The molecular formula is C18H29NO. The predicted octanol–water partition coefficient (Wildman–Crippen LogP) is 4.57. The Balaban J connectivity index is 1.88. The minimum absolute atomic E-state index is 0.398. The van der Waals surface area contributed by atoms with E-state index in [1.807, 2.05) is 0 Å². The molecule has 3 saturated carbocycles. The molecule has 0 aromatic rings. The van der Waals surface area contributed by atoms with Crippen molar-refractivity contribution in [2.45, 2.75) is 89.1 Å². The summed E-state index contributed by atoms with van der Waals surface area (Å²) in [7, 11) is 0. The molecule has 0 aromatic heterocycles. The molecule has 0 aromatic carbocycles. The third-order valence-corrected chi connectivity index (χ3v) is 6.66. The van der Waals surface area contributed by atoms with E-state index in [-0.39, 0.29) is 0 Å². The summed E-state index contributed by atoms with van der Waals surface area (Å²) in [5.74, 6) is 1.08. The molecule has 0 saturated heterocycles. The summed E-state index contributed by atoms with van der Waals surface area (Å²) in [5.41, 5.74) is -1.10. The Kier molecular flexibility index (Phi) is 4.09. The van der Waals surface area contributed by atoms with Crippen LogP contribution in [0.5, 0.6) is 0 Å². The van der Waals surface area contributed by atoms with Crippen LogP contribution in [0.2, 0.25) is 0 Å². The van der Waals surface area contributed by atoms with E-state index >= 15 is 0 Å². The topological polar surface area (TPSA) is 44.0 Å². The normalized spacial score (nSPS) is 38.5. The average molecular weight is 275 g/mol. The fourth-order valence-electron chi connectivity index (χ4n) is 5.56. The molecule has 2 nitrogen and oxygen atoms in total. The molecule has 2 heteroatoms. The van der Waals surface area contributed by atoms with Gasteiger partial charge in [0.2, 0.25) is 0 Å². The molecule has 3 rings (SSSR count). The second-order valence-electron chi connectivity index (χ2n) is 7.58. The zero-order valence-electron chi connectivity index (χ0n) is 12.7. The summed E-state index contributed by atoms with van der Waals surface area (Å²) in [6.45, 7) is 0. The second kappa shape index (κ2) is 5.68. The van der Waals surface area contributed by atoms with E-state index < -0.39 is 11.0 Å². The molecule has 2 unspecified atom stereocenters. The van der Waals surface area contributed by atoms with Crippen LogP contribution in [0.4, 0.5) is 0 Å². The van der Waals surface area contributed by atoms with Crippen LogP contribution in [-0.2, 0) is 0 Å². The number of rotatable bonds is 2. The Bertz CT molecular complexity index is 373. The fourth-order valence-corrected chi connectivity index (χ4v) is 5.56. The Morgan fingerprint density at radius 2 is 1.40 bits per heavy atom. The summed E-state index contributed by atoms with van der Waals surface area (Å²) in [6.07, 6.45) is 15.1. The Morgan fingerprint density at radius 3 is 2.05 bits per heavy atom. The summed E-state index contributed by atoms with van der Waals surface area (Å²) < 4.78 is 0. The lowest BCUT2D eigenvalue weighted by Crippen LogP contribution is -2.55. The SMILES string of the molecule is N#CC1(C2(O)CCCCC2C2CCCCC2)CCCC1. The Morgan fingerprint density at radius 1 is 0.800 bits per heavy atom. The van der Waals surface area contributed by atoms with Gasteiger partial charge in [-0.25, -0.2) is 0 Å². The molecular weight excluding hydrogens is 246 g/mol. The lowest BCUT2D eigenvalue weighted by molar-refractivity contribution is -0.143. The van der Waals surface area contributed by atoms with Gasteiger partial charge in [0.25, 0.3) is 0 Å². The van der Waals surface area contributed by atoms with Crippen LogP contribution in [0.15, 0.2) is 0 Å². The molecule has 0 amide bonds. The molecule has 0 radical (unpaired) electrons. The highest BCUT2D eigenvalue weighted by atomic mass is 16.3. The van der Waals surface area contributed by atoms with E-state index in [1.165, 1.54) is 38.5 Å². The lowest BCUT2D eigenvalue weighted by Gasteiger charge is -2.52. The molecule has 1 N–H and O–H groups in total. The first-order valence-corrected chi connectivity index (χ1v) is 8.85. The minimum atomic E-state index is -0.682. The molecule has 0 aliphatic heterocycles. The molecule has 3 aliphatic carbocycles. The maximum Gasteiger partial charge on any atom is 0.0863 e. The van der Waals surface area contributed by atoms with Gasteiger partial charge in [0.15, 0.2) is 0 Å². The van der Waals surface area contributed by atoms with Crippen molar-refractivity contribution < 1.29 is 5.11 Å². The highest BCUT2D eigenvalue weighted by Crippen LogP contribution is 2.57. The van der Waals surface area contributed by atoms with Crippen LogP contribution in [0, 0.1) is 28.6 Å². The van der Waals surface area contributed by atoms with E-state index in [0.29, 0.717) is 11.8 Å². The van der Waals surface area contributed by atoms with E-state index in [9.17, 15) is 10.4 Å². The van der Waals surface area contributed by atoms with Crippen molar-refractivity contribution in [1.82, 2.24) is 0 Å². The van der Waals surface area contributed by atoms with Crippen LogP contribution in [-0.4, -0.2) is 10.7 Å². The van der Waals surface area contributed by atoms with Crippen molar-refractivity contribution in [2.24, 2.45) is 17.3 Å². The van der Waals surface area contributed by atoms with Gasteiger partial charge in [0.1, 0.15) is 0 Å². The van der Waals surface area contributed by atoms with Gasteiger partial charge in [-0.3, -0.25) is 0 Å². The zero-order valence-corrected chi connectivity index (χ0v) is 12.7. The van der Waals surface area contributed by atoms with Crippen LogP contribution in [0.3, 0.4) is 0 Å². The van der Waals surface area contributed by atoms with Crippen molar-refractivity contribution >= 4 is 0 Å². The van der Waals surface area contributed by atoms with Gasteiger partial charge in [-0.15, -0.1) is 0 Å². The first-order chi connectivity index (χ1) is 9.72. The van der Waals surface area contributed by atoms with Gasteiger partial charge >= 0.3 is 0 Å². The monoisotopic (exact) mass is 275 g/mol. The van der Waals surface area contributed by atoms with Crippen molar-refractivity contribution in [2.75, 3.05) is 0 Å². The molecule has 3 fully saturated rings. The predicted molar refractivity (Wildman–Crippen MR) is 80.0 cm³/mol. The van der Waals surface area contributed by atoms with Gasteiger partial charge in [0, 0.05) is 0 Å². The van der Waals surface area contributed by atoms with Crippen molar-refractivity contribution in [3.05, 3.63) is 0 Å². The molecule has 3 aliphatic rings. The van der Waals surface area contributed by atoms with Crippen LogP contribution >= 0.6 is 0 Å². The third-order valence-electron chi connectivity index (χ3n) is 6.66. The summed E-state index contributed by atoms with van der Waals surface area (Å²) in [5, 5.41) is 21.5. The quantitative estimate of drug-likeness (QED) is 0.802. The first kappa shape index (κ1) is 14.4. The van der Waals surface area contributed by atoms with Crippen LogP contribution < -0.4 is 0 Å². The largest absolute Gasteiger partial charge is 0.388 e. The van der Waals surface area contributed by atoms with Gasteiger partial charge in [0.05, 0.1) is 17.1 Å². The van der Waals surface area contributed by atoms with Gasteiger partial charge < -0.3 is 5.11 Å². The van der Waals surface area contributed by atoms with E-state index in [1.54, 1.807) is 0 Å². The first-order valence-electron chi connectivity index (χ1n) is 8.85. The van der Waals surface area contributed by atoms with Gasteiger partial charge in [-0.1, -0.05) is 57.8 Å². The average Bonchev–Trinajstić information content (AvgIpc) is 2.99. The summed E-state index contributed by atoms with van der Waals surface area (Å²) >= 11 is 0. The maximum absolute atomic E-state index is 11.6. The number of hydrogen-bond acceptors (Lipinski definition) is 2. The molecule has 0 bridgehead atoms. The van der Waals surface area contributed by atoms with E-state index in [2.05, 4.69) is 6.07 Å². The van der Waals surface area contributed by atoms with Crippen LogP contribution in [0.25, 0.3) is 0 Å². The summed E-state index contributed by atoms with van der Waals surface area (Å²) in [6, 6.07) is 2.61. The lowest BCUT2D eigenvalue weighted by atomic mass is 9.55. The highest BCUT2D eigenvalue weighted by Gasteiger charge is 2.58. The number of hydrogen-bond donors (Lipinski definition) is 1. The maximum atomic E-state index is 11.6. The third kappa shape index (κ3) is 2.19.